The van der Waals surface area contributed by atoms with E-state index in [-0.39, 0.29) is 30.8 Å². The van der Waals surface area contributed by atoms with Crippen LogP contribution in [0, 0.1) is 18.8 Å². The van der Waals surface area contributed by atoms with Crippen molar-refractivity contribution in [2.75, 3.05) is 25.0 Å². The maximum Gasteiger partial charge on any atom is 0.416 e. The number of aryl methyl sites for hydroxylation is 1. The van der Waals surface area contributed by atoms with Crippen molar-refractivity contribution < 1.29 is 26.3 Å². The molecular weight excluding hydrogens is 608 g/mol. The smallest absolute Gasteiger partial charge is 0.356 e. The van der Waals surface area contributed by atoms with Crippen LogP contribution in [0.3, 0.4) is 0 Å². The van der Waals surface area contributed by atoms with Crippen molar-refractivity contribution in [3.05, 3.63) is 70.3 Å². The number of rotatable bonds is 10. The van der Waals surface area contributed by atoms with E-state index >= 15 is 0 Å². The number of nitrogens with zero attached hydrogens (tertiary/aromatic N) is 6. The van der Waals surface area contributed by atoms with Crippen LogP contribution in [0.2, 0.25) is 0 Å². The Kier molecular flexibility index (Phi) is 8.49. The lowest BCUT2D eigenvalue weighted by Gasteiger charge is -2.31. The number of pyridine rings is 1. The Morgan fingerprint density at radius 2 is 1.48 bits per heavy atom. The summed E-state index contributed by atoms with van der Waals surface area (Å²) in [6.45, 7) is 7.48. The van der Waals surface area contributed by atoms with Gasteiger partial charge in [0.1, 0.15) is 5.82 Å². The Balaban J connectivity index is 1.46. The van der Waals surface area contributed by atoms with Crippen LogP contribution < -0.4 is 10.4 Å². The summed E-state index contributed by atoms with van der Waals surface area (Å²) < 4.78 is 82.9. The molecule has 2 aromatic carbocycles. The van der Waals surface area contributed by atoms with Crippen LogP contribution >= 0.6 is 0 Å². The Morgan fingerprint density at radius 3 is 2.00 bits per heavy atom. The van der Waals surface area contributed by atoms with Gasteiger partial charge in [-0.05, 0) is 93.7 Å². The van der Waals surface area contributed by atoms with Crippen LogP contribution in [0.5, 0.6) is 0 Å². The van der Waals surface area contributed by atoms with E-state index < -0.39 is 23.5 Å². The molecular formula is C33H39F6N7. The third kappa shape index (κ3) is 7.29. The zero-order valence-electron chi connectivity index (χ0n) is 26.4. The summed E-state index contributed by atoms with van der Waals surface area (Å²) in [5.41, 5.74) is 3.03. The summed E-state index contributed by atoms with van der Waals surface area (Å²) in [7, 11) is 1.72. The van der Waals surface area contributed by atoms with Gasteiger partial charge in [-0.15, -0.1) is 10.6 Å². The van der Waals surface area contributed by atoms with E-state index in [4.69, 9.17) is 4.98 Å². The Labute approximate surface area is 264 Å². The van der Waals surface area contributed by atoms with Crippen molar-refractivity contribution in [3.8, 4) is 0 Å². The highest BCUT2D eigenvalue weighted by atomic mass is 19.4. The number of halogens is 6. The maximum absolute atomic E-state index is 13.8. The summed E-state index contributed by atoms with van der Waals surface area (Å²) >= 11 is 0. The minimum absolute atomic E-state index is 0.0689. The average Bonchev–Trinajstić information content (AvgIpc) is 3.91. The number of anilines is 1. The molecule has 3 aliphatic rings. The van der Waals surface area contributed by atoms with E-state index in [1.54, 1.807) is 22.1 Å². The molecule has 0 radical (unpaired) electrons. The van der Waals surface area contributed by atoms with Crippen molar-refractivity contribution in [1.29, 1.82) is 0 Å². The molecule has 0 atom stereocenters. The number of benzene rings is 2. The number of fused-ring (bicyclic) bond motifs is 1. The van der Waals surface area contributed by atoms with Crippen molar-refractivity contribution in [2.24, 2.45) is 16.9 Å². The largest absolute Gasteiger partial charge is 0.416 e. The molecule has 6 rings (SSSR count). The average molecular weight is 648 g/mol. The van der Waals surface area contributed by atoms with Crippen LogP contribution in [0.25, 0.3) is 10.9 Å². The minimum atomic E-state index is -4.95. The molecule has 2 aliphatic carbocycles. The van der Waals surface area contributed by atoms with E-state index in [1.807, 2.05) is 39.0 Å². The summed E-state index contributed by atoms with van der Waals surface area (Å²) in [6, 6.07) is 9.67. The molecule has 0 saturated heterocycles. The van der Waals surface area contributed by atoms with Gasteiger partial charge in [0, 0.05) is 44.2 Å². The van der Waals surface area contributed by atoms with Crippen molar-refractivity contribution in [2.45, 2.75) is 77.9 Å². The van der Waals surface area contributed by atoms with Gasteiger partial charge in [-0.3, -0.25) is 5.01 Å². The first-order chi connectivity index (χ1) is 21.7. The fourth-order valence-electron chi connectivity index (χ4n) is 5.87. The Bertz CT molecular complexity index is 1560. The normalized spacial score (nSPS) is 17.3. The summed E-state index contributed by atoms with van der Waals surface area (Å²) in [5, 5.41) is 8.83. The number of hydrazine groups is 2. The molecule has 13 heteroatoms. The monoisotopic (exact) mass is 647 g/mol. The molecule has 1 aromatic heterocycles. The molecule has 0 spiro atoms. The standard InChI is InChI=1S/C33H39F6N7/c1-20(2)46-41-31(43(4)42-46)45(18-24-12-27(32(34,35)36)15-28(13-24)33(37,38)39)19-26-14-25-7-5-6-21(3)29(25)40-30(26)44(16-22-8-9-22)17-23-10-11-23/h5-7,12-15,20,22-23,42H,8-11,16-19H2,1-4H3. The summed E-state index contributed by atoms with van der Waals surface area (Å²) in [4.78, 5) is 9.27. The lowest BCUT2D eigenvalue weighted by Crippen LogP contribution is -2.47. The number of para-hydroxylation sites is 1. The first kappa shape index (κ1) is 32.2. The minimum Gasteiger partial charge on any atom is -0.356 e. The fourth-order valence-corrected chi connectivity index (χ4v) is 5.87. The lowest BCUT2D eigenvalue weighted by atomic mass is 10.0. The number of hydrazone groups is 1. The molecule has 248 valence electrons. The van der Waals surface area contributed by atoms with E-state index in [2.05, 4.69) is 21.6 Å². The summed E-state index contributed by atoms with van der Waals surface area (Å²) in [6.07, 6.45) is -5.26. The molecule has 3 aromatic rings. The van der Waals surface area contributed by atoms with E-state index in [1.165, 1.54) is 0 Å². The second-order valence-electron chi connectivity index (χ2n) is 13.2. The van der Waals surface area contributed by atoms with E-state index in [0.717, 1.165) is 78.8 Å². The highest BCUT2D eigenvalue weighted by Crippen LogP contribution is 2.39. The van der Waals surface area contributed by atoms with Crippen molar-refractivity contribution >= 4 is 22.7 Å². The summed E-state index contributed by atoms with van der Waals surface area (Å²) in [5.74, 6) is 2.33. The van der Waals surface area contributed by atoms with Gasteiger partial charge in [0.15, 0.2) is 0 Å². The van der Waals surface area contributed by atoms with Gasteiger partial charge in [0.25, 0.3) is 0 Å². The number of hydrogen-bond donors (Lipinski definition) is 1. The number of aromatic nitrogens is 1. The zero-order valence-corrected chi connectivity index (χ0v) is 26.4. The first-order valence-corrected chi connectivity index (χ1v) is 15.7. The molecule has 2 saturated carbocycles. The molecule has 0 bridgehead atoms. The molecule has 2 fully saturated rings. The van der Waals surface area contributed by atoms with Crippen molar-refractivity contribution in [3.63, 3.8) is 0 Å². The molecule has 2 heterocycles. The Morgan fingerprint density at radius 1 is 0.870 bits per heavy atom. The molecule has 0 amide bonds. The quantitative estimate of drug-likeness (QED) is 0.230. The van der Waals surface area contributed by atoms with Crippen LogP contribution in [0.1, 0.15) is 67.3 Å². The fraction of sp³-hybridized carbons (Fsp3) is 0.515. The van der Waals surface area contributed by atoms with Crippen LogP contribution in [0.4, 0.5) is 32.2 Å². The second-order valence-corrected chi connectivity index (χ2v) is 13.2. The van der Waals surface area contributed by atoms with Gasteiger partial charge in [-0.2, -0.15) is 26.3 Å². The topological polar surface area (TPSA) is 50.2 Å². The van der Waals surface area contributed by atoms with Crippen LogP contribution in [-0.2, 0) is 25.4 Å². The molecule has 46 heavy (non-hydrogen) atoms. The molecule has 1 N–H and O–H groups in total. The van der Waals surface area contributed by atoms with Gasteiger partial charge in [0.2, 0.25) is 5.96 Å². The van der Waals surface area contributed by atoms with Crippen LogP contribution in [-0.4, -0.2) is 52.1 Å². The van der Waals surface area contributed by atoms with Gasteiger partial charge in [-0.1, -0.05) is 18.2 Å². The second kappa shape index (κ2) is 12.1. The predicted octanol–water partition coefficient (Wildman–Crippen LogP) is 7.56. The predicted molar refractivity (Wildman–Crippen MR) is 165 cm³/mol. The highest BCUT2D eigenvalue weighted by molar-refractivity contribution is 5.85. The molecule has 1 aliphatic heterocycles. The zero-order chi connectivity index (χ0) is 33.0. The van der Waals surface area contributed by atoms with Gasteiger partial charge in [-0.25, -0.2) is 10.1 Å². The van der Waals surface area contributed by atoms with E-state index in [9.17, 15) is 26.3 Å². The number of hydrogen-bond acceptors (Lipinski definition) is 7. The van der Waals surface area contributed by atoms with Crippen molar-refractivity contribution in [1.82, 2.24) is 25.5 Å². The molecule has 0 unspecified atom stereocenters. The Hall–Kier alpha value is -3.74. The third-order valence-corrected chi connectivity index (χ3v) is 8.66. The first-order valence-electron chi connectivity index (χ1n) is 15.7. The number of nitrogens with one attached hydrogen (secondary N) is 1. The SMILES string of the molecule is Cc1cccc2cc(CN(Cc3cc(C(F)(F)F)cc(C(F)(F)F)c3)C3=NN(C(C)C)NN3C)c(N(CC3CC3)CC3CC3)nc12. The van der Waals surface area contributed by atoms with Crippen LogP contribution in [0.15, 0.2) is 47.6 Å². The van der Waals surface area contributed by atoms with Gasteiger partial charge < -0.3 is 9.80 Å². The number of guanidine groups is 1. The maximum atomic E-state index is 13.8. The lowest BCUT2D eigenvalue weighted by molar-refractivity contribution is -0.143. The van der Waals surface area contributed by atoms with Gasteiger partial charge >= 0.3 is 12.4 Å². The highest BCUT2D eigenvalue weighted by Gasteiger charge is 2.38. The third-order valence-electron chi connectivity index (χ3n) is 8.66. The number of alkyl halides is 6. The van der Waals surface area contributed by atoms with Gasteiger partial charge in [0.05, 0.1) is 22.7 Å². The molecule has 7 nitrogen and oxygen atoms in total. The van der Waals surface area contributed by atoms with E-state index in [0.29, 0.717) is 17.8 Å².